The molecule has 5 rings (SSSR count). The number of Topliss-reactive ketones (excluding diaryl/α,β-unsaturated/α-hetero) is 1. The van der Waals surface area contributed by atoms with Gasteiger partial charge in [-0.25, -0.2) is 4.98 Å². The molecular weight excluding hydrogens is 450 g/mol. The fourth-order valence-corrected chi connectivity index (χ4v) is 3.85. The Hall–Kier alpha value is -4.14. The number of carbonyl (C=O) groups excluding carboxylic acids is 3. The molecule has 180 valence electrons. The average Bonchev–Trinajstić information content (AvgIpc) is 3.53. The Balaban J connectivity index is 1.31. The maximum atomic E-state index is 12.9. The smallest absolute Gasteiger partial charge is 0.273 e. The largest absolute Gasteiger partial charge is 0.485 e. The molecule has 1 aliphatic carbocycles. The normalized spacial score (nSPS) is 14.8. The van der Waals surface area contributed by atoms with Crippen molar-refractivity contribution >= 4 is 23.3 Å². The minimum absolute atomic E-state index is 0.00259. The van der Waals surface area contributed by atoms with Crippen molar-refractivity contribution in [3.05, 3.63) is 70.9 Å². The summed E-state index contributed by atoms with van der Waals surface area (Å²) in [6, 6.07) is 10.9. The first kappa shape index (κ1) is 22.6. The Morgan fingerprint density at radius 2 is 2.00 bits per heavy atom. The van der Waals surface area contributed by atoms with Crippen molar-refractivity contribution in [2.45, 2.75) is 39.3 Å². The zero-order chi connectivity index (χ0) is 24.5. The third-order valence-electron chi connectivity index (χ3n) is 5.90. The van der Waals surface area contributed by atoms with E-state index < -0.39 is 0 Å². The maximum absolute atomic E-state index is 12.9. The molecule has 0 saturated heterocycles. The summed E-state index contributed by atoms with van der Waals surface area (Å²) in [5.41, 5.74) is 3.04. The van der Waals surface area contributed by atoms with Crippen LogP contribution in [0, 0.1) is 13.8 Å². The van der Waals surface area contributed by atoms with Gasteiger partial charge in [0.05, 0.1) is 5.69 Å². The highest BCUT2D eigenvalue weighted by atomic mass is 16.5. The second-order valence-corrected chi connectivity index (χ2v) is 8.81. The summed E-state index contributed by atoms with van der Waals surface area (Å²) < 4.78 is 16.7. The van der Waals surface area contributed by atoms with E-state index in [1.165, 1.54) is 11.2 Å². The number of benzene rings is 2. The third-order valence-corrected chi connectivity index (χ3v) is 5.90. The topological polar surface area (TPSA) is 111 Å². The Kier molecular flexibility index (Phi) is 5.98. The number of nitrogens with zero attached hydrogens (tertiary/aromatic N) is 2. The lowest BCUT2D eigenvalue weighted by molar-refractivity contribution is -0.121. The van der Waals surface area contributed by atoms with Crippen molar-refractivity contribution in [1.29, 1.82) is 0 Å². The zero-order valence-electron chi connectivity index (χ0n) is 19.5. The Morgan fingerprint density at radius 1 is 1.17 bits per heavy atom. The van der Waals surface area contributed by atoms with Gasteiger partial charge < -0.3 is 19.2 Å². The van der Waals surface area contributed by atoms with Crippen molar-refractivity contribution in [1.82, 2.24) is 10.3 Å². The summed E-state index contributed by atoms with van der Waals surface area (Å²) >= 11 is 0. The maximum Gasteiger partial charge on any atom is 0.273 e. The van der Waals surface area contributed by atoms with Crippen LogP contribution in [0.4, 0.5) is 5.69 Å². The van der Waals surface area contributed by atoms with E-state index in [2.05, 4.69) is 10.3 Å². The molecule has 2 amide bonds. The Morgan fingerprint density at radius 3 is 2.77 bits per heavy atom. The summed E-state index contributed by atoms with van der Waals surface area (Å²) in [6.07, 6.45) is 3.21. The molecule has 1 aromatic heterocycles. The summed E-state index contributed by atoms with van der Waals surface area (Å²) in [6.45, 7) is 3.63. The third kappa shape index (κ3) is 5.03. The standard InChI is InChI=1S/C26H25N3O6/c1-15-3-7-22(16(2)9-15)33-13-21(30)17-4-8-23-20(10-17)29(25(31)14-34-23)11-24-28-19(12-35-24)26(32)27-18-5-6-18/h3-4,7-10,12,18H,5-6,11,13-14H2,1-2H3,(H,27,32). The van der Waals surface area contributed by atoms with E-state index in [1.807, 2.05) is 32.0 Å². The van der Waals surface area contributed by atoms with Crippen LogP contribution in [0.25, 0.3) is 0 Å². The van der Waals surface area contributed by atoms with Crippen LogP contribution in [0.2, 0.25) is 0 Å². The van der Waals surface area contributed by atoms with Gasteiger partial charge in [-0.3, -0.25) is 19.3 Å². The van der Waals surface area contributed by atoms with Crippen molar-refractivity contribution in [3.8, 4) is 11.5 Å². The van der Waals surface area contributed by atoms with Gasteiger partial charge in [0.25, 0.3) is 11.8 Å². The molecule has 1 fully saturated rings. The lowest BCUT2D eigenvalue weighted by Crippen LogP contribution is -2.38. The monoisotopic (exact) mass is 475 g/mol. The molecule has 1 aliphatic heterocycles. The van der Waals surface area contributed by atoms with E-state index in [-0.39, 0.29) is 55.0 Å². The van der Waals surface area contributed by atoms with Gasteiger partial charge in [0, 0.05) is 11.6 Å². The summed E-state index contributed by atoms with van der Waals surface area (Å²) in [5, 5.41) is 2.85. The van der Waals surface area contributed by atoms with Gasteiger partial charge in [0.15, 0.2) is 24.7 Å². The molecule has 9 nitrogen and oxygen atoms in total. The molecule has 1 saturated carbocycles. The second kappa shape index (κ2) is 9.25. The molecule has 2 aromatic carbocycles. The Bertz CT molecular complexity index is 1310. The van der Waals surface area contributed by atoms with Crippen LogP contribution >= 0.6 is 0 Å². The quantitative estimate of drug-likeness (QED) is 0.497. The van der Waals surface area contributed by atoms with Crippen LogP contribution in [0.1, 0.15) is 50.7 Å². The fraction of sp³-hybridized carbons (Fsp3) is 0.308. The van der Waals surface area contributed by atoms with Gasteiger partial charge in [0.2, 0.25) is 5.89 Å². The van der Waals surface area contributed by atoms with Crippen LogP contribution < -0.4 is 19.7 Å². The number of ketones is 1. The number of fused-ring (bicyclic) bond motifs is 1. The van der Waals surface area contributed by atoms with Gasteiger partial charge >= 0.3 is 0 Å². The van der Waals surface area contributed by atoms with Crippen LogP contribution in [-0.2, 0) is 11.3 Å². The second-order valence-electron chi connectivity index (χ2n) is 8.81. The summed E-state index contributed by atoms with van der Waals surface area (Å²) in [4.78, 5) is 43.4. The number of rotatable bonds is 8. The predicted octanol–water partition coefficient (Wildman–Crippen LogP) is 3.37. The highest BCUT2D eigenvalue weighted by molar-refractivity contribution is 6.02. The molecule has 2 heterocycles. The van der Waals surface area contributed by atoms with Crippen LogP contribution in [0.15, 0.2) is 47.1 Å². The number of aryl methyl sites for hydroxylation is 2. The van der Waals surface area contributed by atoms with Crippen LogP contribution in [-0.4, -0.2) is 41.8 Å². The minimum Gasteiger partial charge on any atom is -0.485 e. The van der Waals surface area contributed by atoms with E-state index >= 15 is 0 Å². The molecule has 0 atom stereocenters. The van der Waals surface area contributed by atoms with Gasteiger partial charge in [-0.2, -0.15) is 0 Å². The number of aromatic nitrogens is 1. The fourth-order valence-electron chi connectivity index (χ4n) is 3.85. The number of hydrogen-bond acceptors (Lipinski definition) is 7. The van der Waals surface area contributed by atoms with Crippen LogP contribution in [0.3, 0.4) is 0 Å². The molecule has 1 N–H and O–H groups in total. The molecular formula is C26H25N3O6. The first-order valence-corrected chi connectivity index (χ1v) is 11.4. The van der Waals surface area contributed by atoms with Gasteiger partial charge in [-0.15, -0.1) is 0 Å². The van der Waals surface area contributed by atoms with E-state index in [1.54, 1.807) is 18.2 Å². The van der Waals surface area contributed by atoms with Gasteiger partial charge in [-0.05, 0) is 56.5 Å². The molecule has 0 bridgehead atoms. The average molecular weight is 476 g/mol. The molecule has 2 aliphatic rings. The molecule has 0 unspecified atom stereocenters. The zero-order valence-corrected chi connectivity index (χ0v) is 19.5. The molecule has 0 spiro atoms. The first-order valence-electron chi connectivity index (χ1n) is 11.4. The number of nitrogens with one attached hydrogen (secondary N) is 1. The summed E-state index contributed by atoms with van der Waals surface area (Å²) in [5.74, 6) is 0.480. The molecule has 3 aromatic rings. The molecule has 0 radical (unpaired) electrons. The number of hydrogen-bond donors (Lipinski definition) is 1. The Labute approximate surface area is 202 Å². The summed E-state index contributed by atoms with van der Waals surface area (Å²) in [7, 11) is 0. The van der Waals surface area contributed by atoms with E-state index in [4.69, 9.17) is 13.9 Å². The number of amides is 2. The number of oxazole rings is 1. The number of carbonyl (C=O) groups is 3. The minimum atomic E-state index is -0.309. The first-order chi connectivity index (χ1) is 16.9. The van der Waals surface area contributed by atoms with Crippen molar-refractivity contribution in [3.63, 3.8) is 0 Å². The number of anilines is 1. The SMILES string of the molecule is Cc1ccc(OCC(=O)c2ccc3c(c2)N(Cc2nc(C(=O)NC4CC4)co2)C(=O)CO3)c(C)c1. The highest BCUT2D eigenvalue weighted by Crippen LogP contribution is 2.34. The molecule has 35 heavy (non-hydrogen) atoms. The van der Waals surface area contributed by atoms with Gasteiger partial charge in [0.1, 0.15) is 24.3 Å². The lowest BCUT2D eigenvalue weighted by Gasteiger charge is -2.28. The van der Waals surface area contributed by atoms with E-state index in [0.29, 0.717) is 22.7 Å². The van der Waals surface area contributed by atoms with E-state index in [0.717, 1.165) is 24.0 Å². The van der Waals surface area contributed by atoms with Crippen molar-refractivity contribution in [2.24, 2.45) is 0 Å². The predicted molar refractivity (Wildman–Crippen MR) is 126 cm³/mol. The lowest BCUT2D eigenvalue weighted by atomic mass is 10.1. The van der Waals surface area contributed by atoms with E-state index in [9.17, 15) is 14.4 Å². The molecule has 9 heteroatoms. The van der Waals surface area contributed by atoms with Crippen molar-refractivity contribution < 1.29 is 28.3 Å². The number of ether oxygens (including phenoxy) is 2. The van der Waals surface area contributed by atoms with Gasteiger partial charge in [-0.1, -0.05) is 17.7 Å². The van der Waals surface area contributed by atoms with Crippen LogP contribution in [0.5, 0.6) is 11.5 Å². The van der Waals surface area contributed by atoms with Crippen molar-refractivity contribution in [2.75, 3.05) is 18.1 Å². The highest BCUT2D eigenvalue weighted by Gasteiger charge is 2.29.